The molecular weight excluding hydrogens is 290 g/mol. The number of rotatable bonds is 3. The number of nitrogens with zero attached hydrogens (tertiary/aromatic N) is 1. The van der Waals surface area contributed by atoms with Gasteiger partial charge in [0.2, 0.25) is 0 Å². The quantitative estimate of drug-likeness (QED) is 0.518. The van der Waals surface area contributed by atoms with Gasteiger partial charge < -0.3 is 0 Å². The number of hydrogen-bond donors (Lipinski definition) is 2. The Hall–Kier alpha value is -1.23. The predicted molar refractivity (Wildman–Crippen MR) is 78.9 cm³/mol. The number of nitrogens with two attached hydrogens (primary N) is 1. The first-order chi connectivity index (χ1) is 8.61. The summed E-state index contributed by atoms with van der Waals surface area (Å²) >= 11 is 3.56. The first-order valence-electron chi connectivity index (χ1n) is 5.78. The molecule has 3 nitrogen and oxygen atoms in total. The number of benzene rings is 1. The largest absolute Gasteiger partial charge is 0.271 e. The van der Waals surface area contributed by atoms with Gasteiger partial charge in [0, 0.05) is 9.86 Å². The highest BCUT2D eigenvalue weighted by atomic mass is 79.9. The fourth-order valence-corrected chi connectivity index (χ4v) is 2.44. The highest BCUT2D eigenvalue weighted by Crippen LogP contribution is 2.26. The summed E-state index contributed by atoms with van der Waals surface area (Å²) in [5, 5.41) is 1.11. The lowest BCUT2D eigenvalue weighted by Gasteiger charge is -2.14. The van der Waals surface area contributed by atoms with Crippen LogP contribution in [0.25, 0.3) is 10.9 Å². The van der Waals surface area contributed by atoms with Crippen molar-refractivity contribution in [2.45, 2.75) is 19.9 Å². The number of fused-ring (bicyclic) bond motifs is 1. The van der Waals surface area contributed by atoms with Crippen molar-refractivity contribution in [3.8, 4) is 0 Å². The Morgan fingerprint density at radius 3 is 2.78 bits per heavy atom. The Morgan fingerprint density at radius 1 is 1.39 bits per heavy atom. The molecule has 1 unspecified atom stereocenters. The molecule has 0 radical (unpaired) electrons. The van der Waals surface area contributed by atoms with E-state index in [1.165, 1.54) is 5.57 Å². The Balaban J connectivity index is 2.55. The van der Waals surface area contributed by atoms with Crippen molar-refractivity contribution < 1.29 is 0 Å². The highest BCUT2D eigenvalue weighted by Gasteiger charge is 2.13. The third kappa shape index (κ3) is 2.77. The van der Waals surface area contributed by atoms with E-state index < -0.39 is 0 Å². The normalized spacial score (nSPS) is 12.4. The van der Waals surface area contributed by atoms with Gasteiger partial charge in [0.1, 0.15) is 0 Å². The number of hydrogen-bond acceptors (Lipinski definition) is 3. The van der Waals surface area contributed by atoms with Crippen molar-refractivity contribution in [3.63, 3.8) is 0 Å². The first-order valence-corrected chi connectivity index (χ1v) is 6.57. The van der Waals surface area contributed by atoms with Crippen LogP contribution in [-0.4, -0.2) is 4.98 Å². The van der Waals surface area contributed by atoms with Crippen LogP contribution >= 0.6 is 15.9 Å². The summed E-state index contributed by atoms with van der Waals surface area (Å²) in [5.41, 5.74) is 5.85. The SMILES string of the molecule is CC(C)=CC(NN)c1nc2ccccc2cc1Br. The Labute approximate surface area is 115 Å². The number of aromatic nitrogens is 1. The maximum Gasteiger partial charge on any atom is 0.0826 e. The number of nitrogens with one attached hydrogen (secondary N) is 1. The standard InChI is InChI=1S/C14H16BrN3/c1-9(2)7-13(18-16)14-11(15)8-10-5-3-4-6-12(10)17-14/h3-8,13,18H,16H2,1-2H3. The van der Waals surface area contributed by atoms with Gasteiger partial charge in [-0.25, -0.2) is 10.4 Å². The third-order valence-corrected chi connectivity index (χ3v) is 3.31. The summed E-state index contributed by atoms with van der Waals surface area (Å²) in [6.45, 7) is 4.08. The van der Waals surface area contributed by atoms with Crippen LogP contribution in [0.5, 0.6) is 0 Å². The molecule has 4 heteroatoms. The van der Waals surface area contributed by atoms with E-state index >= 15 is 0 Å². The summed E-state index contributed by atoms with van der Waals surface area (Å²) in [6, 6.07) is 10.0. The van der Waals surface area contributed by atoms with Crippen LogP contribution in [0.3, 0.4) is 0 Å². The van der Waals surface area contributed by atoms with Gasteiger partial charge in [-0.1, -0.05) is 29.8 Å². The smallest absolute Gasteiger partial charge is 0.0826 e. The minimum absolute atomic E-state index is 0.0889. The molecule has 94 valence electrons. The molecule has 0 fully saturated rings. The van der Waals surface area contributed by atoms with Crippen LogP contribution in [0.2, 0.25) is 0 Å². The van der Waals surface area contributed by atoms with Crippen molar-refractivity contribution >= 4 is 26.8 Å². The van der Waals surface area contributed by atoms with E-state index in [2.05, 4.69) is 38.5 Å². The molecule has 0 bridgehead atoms. The molecule has 3 N–H and O–H groups in total. The molecule has 0 saturated heterocycles. The minimum atomic E-state index is -0.0889. The van der Waals surface area contributed by atoms with Crippen LogP contribution in [0.15, 0.2) is 46.5 Å². The number of para-hydroxylation sites is 1. The van der Waals surface area contributed by atoms with Gasteiger partial charge in [-0.2, -0.15) is 0 Å². The molecule has 1 heterocycles. The predicted octanol–water partition coefficient (Wildman–Crippen LogP) is 3.47. The van der Waals surface area contributed by atoms with Gasteiger partial charge in [-0.15, -0.1) is 0 Å². The molecule has 0 amide bonds. The third-order valence-electron chi connectivity index (χ3n) is 2.68. The van der Waals surface area contributed by atoms with Gasteiger partial charge in [0.25, 0.3) is 0 Å². The average molecular weight is 306 g/mol. The van der Waals surface area contributed by atoms with Crippen molar-refractivity contribution in [2.75, 3.05) is 0 Å². The Morgan fingerprint density at radius 2 is 2.11 bits per heavy atom. The van der Waals surface area contributed by atoms with E-state index in [0.717, 1.165) is 21.1 Å². The molecule has 0 aliphatic heterocycles. The minimum Gasteiger partial charge on any atom is -0.271 e. The summed E-state index contributed by atoms with van der Waals surface area (Å²) in [7, 11) is 0. The van der Waals surface area contributed by atoms with Crippen LogP contribution in [-0.2, 0) is 0 Å². The van der Waals surface area contributed by atoms with Gasteiger partial charge in [0.15, 0.2) is 0 Å². The van der Waals surface area contributed by atoms with Gasteiger partial charge >= 0.3 is 0 Å². The van der Waals surface area contributed by atoms with Crippen molar-refractivity contribution in [2.24, 2.45) is 5.84 Å². The molecule has 0 aliphatic rings. The first kappa shape index (κ1) is 13.2. The molecular formula is C14H16BrN3. The fraction of sp³-hybridized carbons (Fsp3) is 0.214. The maximum atomic E-state index is 5.61. The molecule has 2 aromatic rings. The second-order valence-corrected chi connectivity index (χ2v) is 5.29. The molecule has 18 heavy (non-hydrogen) atoms. The molecule has 1 aromatic heterocycles. The number of allylic oxidation sites excluding steroid dienone is 1. The fourth-order valence-electron chi connectivity index (χ4n) is 1.86. The van der Waals surface area contributed by atoms with Crippen LogP contribution in [0, 0.1) is 0 Å². The maximum absolute atomic E-state index is 5.61. The molecule has 0 aliphatic carbocycles. The van der Waals surface area contributed by atoms with E-state index in [-0.39, 0.29) is 6.04 Å². The average Bonchev–Trinajstić information content (AvgIpc) is 2.35. The van der Waals surface area contributed by atoms with Gasteiger partial charge in [-0.3, -0.25) is 5.84 Å². The van der Waals surface area contributed by atoms with Crippen molar-refractivity contribution in [1.82, 2.24) is 10.4 Å². The highest BCUT2D eigenvalue weighted by molar-refractivity contribution is 9.10. The monoisotopic (exact) mass is 305 g/mol. The van der Waals surface area contributed by atoms with E-state index in [1.807, 2.05) is 38.1 Å². The molecule has 1 aromatic carbocycles. The van der Waals surface area contributed by atoms with Crippen molar-refractivity contribution in [1.29, 1.82) is 0 Å². The molecule has 1 atom stereocenters. The van der Waals surface area contributed by atoms with Gasteiger partial charge in [-0.05, 0) is 41.9 Å². The number of pyridine rings is 1. The summed E-state index contributed by atoms with van der Waals surface area (Å²) in [6.07, 6.45) is 2.06. The molecule has 0 spiro atoms. The zero-order valence-electron chi connectivity index (χ0n) is 10.4. The second kappa shape index (κ2) is 5.61. The summed E-state index contributed by atoms with van der Waals surface area (Å²) in [5.74, 6) is 5.61. The molecule has 2 rings (SSSR count). The van der Waals surface area contributed by atoms with Crippen LogP contribution < -0.4 is 11.3 Å². The lowest BCUT2D eigenvalue weighted by molar-refractivity contribution is 0.635. The lowest BCUT2D eigenvalue weighted by Crippen LogP contribution is -2.27. The molecule has 0 saturated carbocycles. The van der Waals surface area contributed by atoms with Crippen molar-refractivity contribution in [3.05, 3.63) is 52.1 Å². The number of hydrazine groups is 1. The van der Waals surface area contributed by atoms with E-state index in [1.54, 1.807) is 0 Å². The van der Waals surface area contributed by atoms with E-state index in [4.69, 9.17) is 5.84 Å². The topological polar surface area (TPSA) is 50.9 Å². The van der Waals surface area contributed by atoms with Gasteiger partial charge in [0.05, 0.1) is 17.3 Å². The van der Waals surface area contributed by atoms with Crippen LogP contribution in [0.4, 0.5) is 0 Å². The lowest BCUT2D eigenvalue weighted by atomic mass is 10.1. The zero-order valence-corrected chi connectivity index (χ0v) is 12.0. The zero-order chi connectivity index (χ0) is 13.1. The Bertz CT molecular complexity index is 589. The summed E-state index contributed by atoms with van der Waals surface area (Å²) < 4.78 is 0.960. The van der Waals surface area contributed by atoms with E-state index in [9.17, 15) is 0 Å². The summed E-state index contributed by atoms with van der Waals surface area (Å²) in [4.78, 5) is 4.67. The van der Waals surface area contributed by atoms with E-state index in [0.29, 0.717) is 0 Å². The Kier molecular flexibility index (Phi) is 4.11. The van der Waals surface area contributed by atoms with Crippen LogP contribution in [0.1, 0.15) is 25.6 Å². The second-order valence-electron chi connectivity index (χ2n) is 4.44. The number of halogens is 1.